The number of ether oxygens (including phenoxy) is 1. The van der Waals surface area contributed by atoms with E-state index in [-0.39, 0.29) is 17.2 Å². The van der Waals surface area contributed by atoms with Crippen LogP contribution in [0.15, 0.2) is 18.2 Å². The molecule has 1 aliphatic rings. The summed E-state index contributed by atoms with van der Waals surface area (Å²) >= 11 is 0. The Morgan fingerprint density at radius 2 is 2.33 bits per heavy atom. The van der Waals surface area contributed by atoms with E-state index in [1.807, 2.05) is 6.92 Å². The molecular formula is C12H16FN3O2. The van der Waals surface area contributed by atoms with Gasteiger partial charge < -0.3 is 15.5 Å². The molecular weight excluding hydrogens is 237 g/mol. The van der Waals surface area contributed by atoms with Crippen molar-refractivity contribution in [3.8, 4) is 0 Å². The fourth-order valence-corrected chi connectivity index (χ4v) is 1.97. The average molecular weight is 253 g/mol. The van der Waals surface area contributed by atoms with Crippen molar-refractivity contribution < 1.29 is 13.9 Å². The zero-order valence-electron chi connectivity index (χ0n) is 10.1. The van der Waals surface area contributed by atoms with Crippen molar-refractivity contribution in [2.24, 2.45) is 5.84 Å². The number of nitrogen functional groups attached to an aromatic ring is 1. The van der Waals surface area contributed by atoms with Crippen LogP contribution in [0.4, 0.5) is 10.1 Å². The Bertz CT molecular complexity index is 459. The van der Waals surface area contributed by atoms with Crippen molar-refractivity contribution in [1.82, 2.24) is 5.32 Å². The second-order valence-electron chi connectivity index (χ2n) is 4.62. The van der Waals surface area contributed by atoms with Gasteiger partial charge in [0.25, 0.3) is 5.91 Å². The summed E-state index contributed by atoms with van der Waals surface area (Å²) in [4.78, 5) is 12.1. The van der Waals surface area contributed by atoms with E-state index in [4.69, 9.17) is 10.6 Å². The molecule has 1 aromatic rings. The lowest BCUT2D eigenvalue weighted by atomic mass is 10.0. The van der Waals surface area contributed by atoms with Gasteiger partial charge in [-0.15, -0.1) is 0 Å². The fraction of sp³-hybridized carbons (Fsp3) is 0.417. The maximum Gasteiger partial charge on any atom is 0.254 e. The van der Waals surface area contributed by atoms with Crippen molar-refractivity contribution in [3.63, 3.8) is 0 Å². The summed E-state index contributed by atoms with van der Waals surface area (Å²) in [7, 11) is 0. The predicted molar refractivity (Wildman–Crippen MR) is 65.5 cm³/mol. The highest BCUT2D eigenvalue weighted by Gasteiger charge is 2.32. The Morgan fingerprint density at radius 1 is 1.56 bits per heavy atom. The highest BCUT2D eigenvalue weighted by molar-refractivity contribution is 6.00. The molecule has 1 aliphatic heterocycles. The fourth-order valence-electron chi connectivity index (χ4n) is 1.97. The van der Waals surface area contributed by atoms with Crippen LogP contribution in [-0.4, -0.2) is 24.7 Å². The Hall–Kier alpha value is -1.66. The summed E-state index contributed by atoms with van der Waals surface area (Å²) in [6.07, 6.45) is 0.736. The molecule has 0 saturated carbocycles. The van der Waals surface area contributed by atoms with Crippen LogP contribution in [0, 0.1) is 5.82 Å². The molecule has 0 spiro atoms. The lowest BCUT2D eigenvalue weighted by Gasteiger charge is -2.24. The van der Waals surface area contributed by atoms with Gasteiger partial charge in [-0.1, -0.05) is 6.07 Å². The number of nitrogens with two attached hydrogens (primary N) is 1. The highest BCUT2D eigenvalue weighted by atomic mass is 19.1. The first-order valence-corrected chi connectivity index (χ1v) is 5.71. The van der Waals surface area contributed by atoms with E-state index in [2.05, 4.69) is 10.7 Å². The van der Waals surface area contributed by atoms with Crippen LogP contribution >= 0.6 is 0 Å². The molecule has 0 radical (unpaired) electrons. The van der Waals surface area contributed by atoms with Gasteiger partial charge in [0.05, 0.1) is 23.4 Å². The SMILES string of the molecule is CC1(NC(=O)c2cccc(F)c2NN)CCOC1. The summed E-state index contributed by atoms with van der Waals surface area (Å²) in [5.74, 6) is 4.31. The van der Waals surface area contributed by atoms with E-state index in [0.717, 1.165) is 6.42 Å². The van der Waals surface area contributed by atoms with E-state index in [1.165, 1.54) is 18.2 Å². The molecule has 1 heterocycles. The van der Waals surface area contributed by atoms with Crippen molar-refractivity contribution in [2.45, 2.75) is 18.9 Å². The average Bonchev–Trinajstić information content (AvgIpc) is 2.75. The molecule has 4 N–H and O–H groups in total. The summed E-state index contributed by atoms with van der Waals surface area (Å²) in [6.45, 7) is 2.97. The van der Waals surface area contributed by atoms with Gasteiger partial charge in [-0.3, -0.25) is 10.6 Å². The number of hydrogen-bond acceptors (Lipinski definition) is 4. The number of rotatable bonds is 3. The molecule has 1 fully saturated rings. The topological polar surface area (TPSA) is 76.4 Å². The van der Waals surface area contributed by atoms with Crippen LogP contribution in [0.3, 0.4) is 0 Å². The van der Waals surface area contributed by atoms with Crippen LogP contribution in [-0.2, 0) is 4.74 Å². The first-order chi connectivity index (χ1) is 8.56. The minimum atomic E-state index is -0.557. The number of para-hydroxylation sites is 1. The normalized spacial score (nSPS) is 22.8. The number of amides is 1. The minimum Gasteiger partial charge on any atom is -0.379 e. The summed E-state index contributed by atoms with van der Waals surface area (Å²) < 4.78 is 18.7. The molecule has 6 heteroatoms. The monoisotopic (exact) mass is 253 g/mol. The van der Waals surface area contributed by atoms with Gasteiger partial charge in [0, 0.05) is 6.61 Å². The predicted octanol–water partition coefficient (Wildman–Crippen LogP) is 1.02. The summed E-state index contributed by atoms with van der Waals surface area (Å²) in [5, 5.41) is 2.85. The third kappa shape index (κ3) is 2.44. The molecule has 1 unspecified atom stereocenters. The van der Waals surface area contributed by atoms with Gasteiger partial charge in [0.1, 0.15) is 5.82 Å². The van der Waals surface area contributed by atoms with E-state index >= 15 is 0 Å². The maximum atomic E-state index is 13.5. The van der Waals surface area contributed by atoms with Gasteiger partial charge in [0.2, 0.25) is 0 Å². The number of nitrogens with one attached hydrogen (secondary N) is 2. The Morgan fingerprint density at radius 3 is 2.94 bits per heavy atom. The maximum absolute atomic E-state index is 13.5. The molecule has 18 heavy (non-hydrogen) atoms. The quantitative estimate of drug-likeness (QED) is 0.555. The van der Waals surface area contributed by atoms with Crippen LogP contribution in [0.5, 0.6) is 0 Å². The number of anilines is 1. The third-order valence-corrected chi connectivity index (χ3v) is 3.04. The largest absolute Gasteiger partial charge is 0.379 e. The molecule has 1 amide bonds. The van der Waals surface area contributed by atoms with Crippen LogP contribution in [0.25, 0.3) is 0 Å². The highest BCUT2D eigenvalue weighted by Crippen LogP contribution is 2.22. The number of halogens is 1. The zero-order valence-corrected chi connectivity index (χ0v) is 10.1. The molecule has 5 nitrogen and oxygen atoms in total. The third-order valence-electron chi connectivity index (χ3n) is 3.04. The van der Waals surface area contributed by atoms with Gasteiger partial charge >= 0.3 is 0 Å². The summed E-state index contributed by atoms with van der Waals surface area (Å²) in [5.41, 5.74) is 1.99. The van der Waals surface area contributed by atoms with Gasteiger partial charge in [-0.25, -0.2) is 4.39 Å². The van der Waals surface area contributed by atoms with Gasteiger partial charge in [0.15, 0.2) is 0 Å². The number of carbonyl (C=O) groups is 1. The second kappa shape index (κ2) is 4.91. The van der Waals surface area contributed by atoms with Gasteiger partial charge in [-0.05, 0) is 25.5 Å². The lowest BCUT2D eigenvalue weighted by molar-refractivity contribution is 0.0890. The first kappa shape index (κ1) is 12.8. The standard InChI is InChI=1S/C12H16FN3O2/c1-12(5-6-18-7-12)15-11(17)8-3-2-4-9(13)10(8)16-14/h2-4,16H,5-7,14H2,1H3,(H,15,17). The van der Waals surface area contributed by atoms with Crippen LogP contribution in [0.2, 0.25) is 0 Å². The minimum absolute atomic E-state index is 0.00230. The van der Waals surface area contributed by atoms with Crippen molar-refractivity contribution in [3.05, 3.63) is 29.6 Å². The van der Waals surface area contributed by atoms with Crippen molar-refractivity contribution >= 4 is 11.6 Å². The number of benzene rings is 1. The van der Waals surface area contributed by atoms with Crippen molar-refractivity contribution in [1.29, 1.82) is 0 Å². The molecule has 98 valence electrons. The molecule has 0 aliphatic carbocycles. The van der Waals surface area contributed by atoms with E-state index < -0.39 is 11.4 Å². The Kier molecular flexibility index (Phi) is 3.49. The van der Waals surface area contributed by atoms with Gasteiger partial charge in [-0.2, -0.15) is 0 Å². The molecule has 1 aromatic carbocycles. The first-order valence-electron chi connectivity index (χ1n) is 5.71. The Balaban J connectivity index is 2.21. The molecule has 1 saturated heterocycles. The van der Waals surface area contributed by atoms with Crippen LogP contribution in [0.1, 0.15) is 23.7 Å². The van der Waals surface area contributed by atoms with E-state index in [9.17, 15) is 9.18 Å². The summed E-state index contributed by atoms with van der Waals surface area (Å²) in [6, 6.07) is 4.23. The lowest BCUT2D eigenvalue weighted by Crippen LogP contribution is -2.46. The number of hydrogen-bond donors (Lipinski definition) is 3. The number of hydrazine groups is 1. The number of carbonyl (C=O) groups excluding carboxylic acids is 1. The van der Waals surface area contributed by atoms with E-state index in [1.54, 1.807) is 0 Å². The second-order valence-corrected chi connectivity index (χ2v) is 4.62. The van der Waals surface area contributed by atoms with Crippen molar-refractivity contribution in [2.75, 3.05) is 18.6 Å². The Labute approximate surface area is 104 Å². The molecule has 2 rings (SSSR count). The molecule has 0 aromatic heterocycles. The molecule has 1 atom stereocenters. The van der Waals surface area contributed by atoms with Crippen LogP contribution < -0.4 is 16.6 Å². The van der Waals surface area contributed by atoms with E-state index in [0.29, 0.717) is 13.2 Å². The zero-order chi connectivity index (χ0) is 13.2. The molecule has 0 bridgehead atoms. The smallest absolute Gasteiger partial charge is 0.254 e.